The molecule has 19 heavy (non-hydrogen) atoms. The van der Waals surface area contributed by atoms with Gasteiger partial charge in [-0.2, -0.15) is 0 Å². The molecule has 0 aliphatic heterocycles. The molecule has 0 amide bonds. The maximum absolute atomic E-state index is 6.38. The summed E-state index contributed by atoms with van der Waals surface area (Å²) in [6.07, 6.45) is 6.63. The Balaban J connectivity index is 2.07. The number of hydrogen-bond acceptors (Lipinski definition) is 3. The Hall–Kier alpha value is 0.1000. The van der Waals surface area contributed by atoms with E-state index in [0.29, 0.717) is 6.04 Å². The van der Waals surface area contributed by atoms with Crippen molar-refractivity contribution in [2.75, 3.05) is 13.6 Å². The first-order valence-electron chi connectivity index (χ1n) is 7.32. The van der Waals surface area contributed by atoms with Crippen LogP contribution in [-0.4, -0.2) is 24.5 Å². The van der Waals surface area contributed by atoms with Gasteiger partial charge < -0.3 is 5.73 Å². The van der Waals surface area contributed by atoms with Crippen LogP contribution in [-0.2, 0) is 0 Å². The molecule has 1 saturated carbocycles. The molecule has 0 bridgehead atoms. The summed E-state index contributed by atoms with van der Waals surface area (Å²) in [6.45, 7) is 3.37. The van der Waals surface area contributed by atoms with Crippen molar-refractivity contribution in [3.63, 3.8) is 0 Å². The van der Waals surface area contributed by atoms with E-state index in [1.807, 2.05) is 11.3 Å². The average Bonchev–Trinajstić information content (AvgIpc) is 3.01. The zero-order valence-electron chi connectivity index (χ0n) is 11.9. The van der Waals surface area contributed by atoms with Crippen LogP contribution in [0.15, 0.2) is 15.9 Å². The second-order valence-electron chi connectivity index (χ2n) is 5.75. The molecule has 2 nitrogen and oxygen atoms in total. The van der Waals surface area contributed by atoms with Crippen molar-refractivity contribution in [3.8, 4) is 0 Å². The Morgan fingerprint density at radius 3 is 2.63 bits per heavy atom. The normalized spacial score (nSPS) is 20.1. The van der Waals surface area contributed by atoms with Gasteiger partial charge in [-0.1, -0.05) is 19.8 Å². The van der Waals surface area contributed by atoms with Crippen LogP contribution < -0.4 is 5.73 Å². The van der Waals surface area contributed by atoms with E-state index in [9.17, 15) is 0 Å². The summed E-state index contributed by atoms with van der Waals surface area (Å²) >= 11 is 5.39. The lowest BCUT2D eigenvalue weighted by atomic mass is 10.0. The third-order valence-corrected chi connectivity index (χ3v) is 5.95. The molecule has 1 aromatic rings. The van der Waals surface area contributed by atoms with E-state index >= 15 is 0 Å². The summed E-state index contributed by atoms with van der Waals surface area (Å²) in [5.74, 6) is 0.875. The van der Waals surface area contributed by atoms with Crippen LogP contribution in [0, 0.1) is 5.92 Å². The highest BCUT2D eigenvalue weighted by Crippen LogP contribution is 2.34. The number of hydrogen-bond donors (Lipinski definition) is 1. The highest BCUT2D eigenvalue weighted by Gasteiger charge is 2.27. The average molecular weight is 345 g/mol. The van der Waals surface area contributed by atoms with Crippen LogP contribution >= 0.6 is 27.3 Å². The van der Waals surface area contributed by atoms with E-state index in [1.54, 1.807) is 0 Å². The maximum Gasteiger partial charge on any atom is 0.0702 e. The lowest BCUT2D eigenvalue weighted by Crippen LogP contribution is -2.40. The van der Waals surface area contributed by atoms with Gasteiger partial charge in [0.1, 0.15) is 0 Å². The Bertz CT molecular complexity index is 387. The molecule has 2 atom stereocenters. The fraction of sp³-hybridized carbons (Fsp3) is 0.733. The van der Waals surface area contributed by atoms with E-state index in [4.69, 9.17) is 5.73 Å². The molecule has 1 aliphatic rings. The predicted octanol–water partition coefficient (Wildman–Crippen LogP) is 4.41. The Morgan fingerprint density at radius 1 is 1.42 bits per heavy atom. The maximum atomic E-state index is 6.38. The van der Waals surface area contributed by atoms with E-state index in [-0.39, 0.29) is 6.04 Å². The highest BCUT2D eigenvalue weighted by molar-refractivity contribution is 9.11. The second kappa shape index (κ2) is 7.21. The molecular weight excluding hydrogens is 320 g/mol. The summed E-state index contributed by atoms with van der Waals surface area (Å²) in [5, 5.41) is 0. The fourth-order valence-corrected chi connectivity index (χ4v) is 4.85. The molecule has 4 heteroatoms. The molecule has 0 radical (unpaired) electrons. The van der Waals surface area contributed by atoms with Crippen LogP contribution in [0.1, 0.15) is 49.9 Å². The van der Waals surface area contributed by atoms with Crippen molar-refractivity contribution >= 4 is 27.3 Å². The van der Waals surface area contributed by atoms with Gasteiger partial charge in [0.2, 0.25) is 0 Å². The van der Waals surface area contributed by atoms with Crippen LogP contribution in [0.5, 0.6) is 0 Å². The highest BCUT2D eigenvalue weighted by atomic mass is 79.9. The zero-order chi connectivity index (χ0) is 13.8. The van der Waals surface area contributed by atoms with Gasteiger partial charge in [-0.3, -0.25) is 4.90 Å². The number of halogens is 1. The molecule has 2 unspecified atom stereocenters. The summed E-state index contributed by atoms with van der Waals surface area (Å²) in [5.41, 5.74) is 6.38. The van der Waals surface area contributed by atoms with E-state index in [0.717, 1.165) is 12.3 Å². The topological polar surface area (TPSA) is 29.3 Å². The predicted molar refractivity (Wildman–Crippen MR) is 87.6 cm³/mol. The van der Waals surface area contributed by atoms with E-state index in [1.165, 1.54) is 40.9 Å². The summed E-state index contributed by atoms with van der Waals surface area (Å²) < 4.78 is 1.20. The Labute approximate surface area is 129 Å². The minimum Gasteiger partial charge on any atom is -0.326 e. The van der Waals surface area contributed by atoms with E-state index in [2.05, 4.69) is 46.9 Å². The van der Waals surface area contributed by atoms with Gasteiger partial charge in [0, 0.05) is 17.5 Å². The molecule has 1 fully saturated rings. The first-order chi connectivity index (χ1) is 9.11. The third kappa shape index (κ3) is 4.03. The van der Waals surface area contributed by atoms with Crippen LogP contribution in [0.2, 0.25) is 0 Å². The van der Waals surface area contributed by atoms with Crippen LogP contribution in [0.25, 0.3) is 0 Å². The monoisotopic (exact) mass is 344 g/mol. The van der Waals surface area contributed by atoms with Crippen molar-refractivity contribution in [2.45, 2.75) is 51.1 Å². The molecule has 2 N–H and O–H groups in total. The van der Waals surface area contributed by atoms with Gasteiger partial charge in [0.05, 0.1) is 9.83 Å². The fourth-order valence-electron chi connectivity index (χ4n) is 3.18. The minimum absolute atomic E-state index is 0.219. The smallest absolute Gasteiger partial charge is 0.0702 e. The molecule has 1 heterocycles. The molecule has 1 aromatic heterocycles. The van der Waals surface area contributed by atoms with Gasteiger partial charge in [0.25, 0.3) is 0 Å². The van der Waals surface area contributed by atoms with Crippen LogP contribution in [0.4, 0.5) is 0 Å². The molecule has 2 rings (SSSR count). The lowest BCUT2D eigenvalue weighted by Gasteiger charge is -2.33. The Morgan fingerprint density at radius 2 is 2.11 bits per heavy atom. The standard InChI is InChI=1S/C15H25BrN2S/c1-3-12(17)15(13-8-9-14(16)19-13)18(2)10-11-6-4-5-7-11/h8-9,11-12,15H,3-7,10,17H2,1-2H3. The number of rotatable bonds is 6. The van der Waals surface area contributed by atoms with Gasteiger partial charge >= 0.3 is 0 Å². The van der Waals surface area contributed by atoms with Crippen molar-refractivity contribution in [2.24, 2.45) is 11.7 Å². The van der Waals surface area contributed by atoms with Gasteiger partial charge in [-0.25, -0.2) is 0 Å². The van der Waals surface area contributed by atoms with Gasteiger partial charge in [-0.05, 0) is 60.3 Å². The van der Waals surface area contributed by atoms with Gasteiger partial charge in [-0.15, -0.1) is 11.3 Å². The quantitative estimate of drug-likeness (QED) is 0.827. The number of nitrogens with two attached hydrogens (primary N) is 1. The molecule has 108 valence electrons. The lowest BCUT2D eigenvalue weighted by molar-refractivity contribution is 0.183. The second-order valence-corrected chi connectivity index (χ2v) is 8.24. The van der Waals surface area contributed by atoms with Gasteiger partial charge in [0.15, 0.2) is 0 Å². The van der Waals surface area contributed by atoms with Crippen molar-refractivity contribution < 1.29 is 0 Å². The largest absolute Gasteiger partial charge is 0.326 e. The molecule has 0 aromatic carbocycles. The molecular formula is C15H25BrN2S. The van der Waals surface area contributed by atoms with Crippen molar-refractivity contribution in [3.05, 3.63) is 20.8 Å². The Kier molecular flexibility index (Phi) is 5.87. The molecule has 0 spiro atoms. The van der Waals surface area contributed by atoms with Crippen molar-refractivity contribution in [1.82, 2.24) is 4.90 Å². The zero-order valence-corrected chi connectivity index (χ0v) is 14.3. The molecule has 0 saturated heterocycles. The van der Waals surface area contributed by atoms with Crippen LogP contribution in [0.3, 0.4) is 0 Å². The molecule has 1 aliphatic carbocycles. The SMILES string of the molecule is CCC(N)C(c1ccc(Br)s1)N(C)CC1CCCC1. The first kappa shape index (κ1) is 15.5. The van der Waals surface area contributed by atoms with E-state index < -0.39 is 0 Å². The minimum atomic E-state index is 0.219. The number of thiophene rings is 1. The summed E-state index contributed by atoms with van der Waals surface area (Å²) in [6, 6.07) is 4.94. The first-order valence-corrected chi connectivity index (χ1v) is 8.93. The summed E-state index contributed by atoms with van der Waals surface area (Å²) in [7, 11) is 2.24. The number of nitrogens with zero attached hydrogens (tertiary/aromatic N) is 1. The number of likely N-dealkylation sites (N-methyl/N-ethyl adjacent to an activating group) is 1. The summed E-state index contributed by atoms with van der Waals surface area (Å²) in [4.78, 5) is 3.88. The third-order valence-electron chi connectivity index (χ3n) is 4.26. The van der Waals surface area contributed by atoms with Crippen molar-refractivity contribution in [1.29, 1.82) is 0 Å².